The van der Waals surface area contributed by atoms with E-state index < -0.39 is 23.9 Å². The van der Waals surface area contributed by atoms with E-state index >= 15 is 0 Å². The molecule has 1 amide bonds. The Labute approximate surface area is 68.5 Å². The van der Waals surface area contributed by atoms with Crippen molar-refractivity contribution in [3.8, 4) is 0 Å². The molecule has 0 rings (SSSR count). The molecule has 68 valence electrons. The van der Waals surface area contributed by atoms with Crippen LogP contribution in [0.2, 0.25) is 0 Å². The summed E-state index contributed by atoms with van der Waals surface area (Å²) in [5.41, 5.74) is 0. The molecule has 6 heteroatoms. The van der Waals surface area contributed by atoms with Crippen LogP contribution < -0.4 is 5.32 Å². The van der Waals surface area contributed by atoms with Gasteiger partial charge in [-0.1, -0.05) is 0 Å². The lowest BCUT2D eigenvalue weighted by Gasteiger charge is -2.06. The predicted molar refractivity (Wildman–Crippen MR) is 37.3 cm³/mol. The highest BCUT2D eigenvalue weighted by molar-refractivity contribution is 6.32. The number of rotatable bonds is 2. The summed E-state index contributed by atoms with van der Waals surface area (Å²) >= 11 is 0. The van der Waals surface area contributed by atoms with Crippen LogP contribution in [-0.2, 0) is 19.1 Å². The lowest BCUT2D eigenvalue weighted by Crippen LogP contribution is -2.42. The van der Waals surface area contributed by atoms with Gasteiger partial charge in [0.15, 0.2) is 0 Å². The van der Waals surface area contributed by atoms with Crippen molar-refractivity contribution in [3.05, 3.63) is 0 Å². The standard InChI is InChI=1S/C6H9NO5/c1-3(5(9)10)7-4(8)6(11)12-2/h3H,1-2H3,(H,7,8)(H,9,10)/t3-/m0/s1. The molecule has 0 spiro atoms. The molecule has 0 aliphatic carbocycles. The highest BCUT2D eigenvalue weighted by Gasteiger charge is 2.19. The van der Waals surface area contributed by atoms with Crippen molar-refractivity contribution in [3.63, 3.8) is 0 Å². The van der Waals surface area contributed by atoms with Crippen molar-refractivity contribution in [1.29, 1.82) is 0 Å². The third-order valence-electron chi connectivity index (χ3n) is 1.09. The third-order valence-corrected chi connectivity index (χ3v) is 1.09. The topological polar surface area (TPSA) is 92.7 Å². The second kappa shape index (κ2) is 4.32. The summed E-state index contributed by atoms with van der Waals surface area (Å²) < 4.78 is 4.05. The summed E-state index contributed by atoms with van der Waals surface area (Å²) in [6.07, 6.45) is 0. The van der Waals surface area contributed by atoms with Crippen molar-refractivity contribution in [2.24, 2.45) is 0 Å². The molecule has 6 nitrogen and oxygen atoms in total. The van der Waals surface area contributed by atoms with Crippen LogP contribution in [-0.4, -0.2) is 36.1 Å². The monoisotopic (exact) mass is 175 g/mol. The highest BCUT2D eigenvalue weighted by atomic mass is 16.5. The summed E-state index contributed by atoms with van der Waals surface area (Å²) in [4.78, 5) is 31.3. The Balaban J connectivity index is 4.01. The van der Waals surface area contributed by atoms with Gasteiger partial charge in [0.05, 0.1) is 7.11 Å². The van der Waals surface area contributed by atoms with Gasteiger partial charge in [0, 0.05) is 0 Å². The maximum Gasteiger partial charge on any atom is 0.396 e. The lowest BCUT2D eigenvalue weighted by atomic mass is 10.3. The molecule has 0 bridgehead atoms. The molecular weight excluding hydrogens is 166 g/mol. The fourth-order valence-electron chi connectivity index (χ4n) is 0.410. The molecule has 2 N–H and O–H groups in total. The molecule has 1 atom stereocenters. The summed E-state index contributed by atoms with van der Waals surface area (Å²) in [7, 11) is 1.04. The Hall–Kier alpha value is -1.59. The quantitative estimate of drug-likeness (QED) is 0.404. The Morgan fingerprint density at radius 3 is 2.25 bits per heavy atom. The van der Waals surface area contributed by atoms with E-state index in [4.69, 9.17) is 5.11 Å². The van der Waals surface area contributed by atoms with Crippen LogP contribution in [0.5, 0.6) is 0 Å². The van der Waals surface area contributed by atoms with Gasteiger partial charge in [-0.3, -0.25) is 9.59 Å². The number of carboxylic acids is 1. The van der Waals surface area contributed by atoms with E-state index in [9.17, 15) is 14.4 Å². The average Bonchev–Trinajstić information content (AvgIpc) is 2.02. The van der Waals surface area contributed by atoms with Crippen LogP contribution in [0.1, 0.15) is 6.92 Å². The minimum atomic E-state index is -1.22. The minimum Gasteiger partial charge on any atom is -0.480 e. The van der Waals surface area contributed by atoms with E-state index in [0.717, 1.165) is 7.11 Å². The number of carbonyl (C=O) groups is 3. The molecule has 0 saturated carbocycles. The zero-order chi connectivity index (χ0) is 9.72. The van der Waals surface area contributed by atoms with Gasteiger partial charge in [-0.25, -0.2) is 4.79 Å². The van der Waals surface area contributed by atoms with Crippen molar-refractivity contribution in [2.45, 2.75) is 13.0 Å². The first-order chi connectivity index (χ1) is 5.49. The molecule has 0 unspecified atom stereocenters. The van der Waals surface area contributed by atoms with E-state index in [1.807, 2.05) is 5.32 Å². The molecule has 0 fully saturated rings. The number of esters is 1. The first-order valence-corrected chi connectivity index (χ1v) is 3.10. The molecule has 0 aliphatic heterocycles. The second-order valence-electron chi connectivity index (χ2n) is 2.02. The number of nitrogens with one attached hydrogen (secondary N) is 1. The summed E-state index contributed by atoms with van der Waals surface area (Å²) in [6.45, 7) is 1.24. The molecule has 0 aromatic heterocycles. The SMILES string of the molecule is COC(=O)C(=O)N[C@@H](C)C(=O)O. The van der Waals surface area contributed by atoms with Gasteiger partial charge in [-0.05, 0) is 6.92 Å². The normalized spacial score (nSPS) is 11.5. The third kappa shape index (κ3) is 3.00. The van der Waals surface area contributed by atoms with Crippen molar-refractivity contribution in [1.82, 2.24) is 5.32 Å². The lowest BCUT2D eigenvalue weighted by molar-refractivity contribution is -0.154. The number of hydrogen-bond donors (Lipinski definition) is 2. The zero-order valence-electron chi connectivity index (χ0n) is 6.66. The first kappa shape index (κ1) is 10.4. The van der Waals surface area contributed by atoms with Gasteiger partial charge in [0.1, 0.15) is 6.04 Å². The second-order valence-corrected chi connectivity index (χ2v) is 2.02. The van der Waals surface area contributed by atoms with E-state index in [1.54, 1.807) is 0 Å². The van der Waals surface area contributed by atoms with Crippen LogP contribution in [0.3, 0.4) is 0 Å². The van der Waals surface area contributed by atoms with Gasteiger partial charge >= 0.3 is 17.8 Å². The van der Waals surface area contributed by atoms with E-state index in [0.29, 0.717) is 0 Å². The summed E-state index contributed by atoms with van der Waals surface area (Å²) in [5, 5.41) is 10.2. The van der Waals surface area contributed by atoms with Crippen LogP contribution in [0.4, 0.5) is 0 Å². The molecule has 0 aromatic rings. The molecule has 0 aliphatic rings. The van der Waals surface area contributed by atoms with Crippen molar-refractivity contribution in [2.75, 3.05) is 7.11 Å². The molecular formula is C6H9NO5. The zero-order valence-corrected chi connectivity index (χ0v) is 6.66. The fourth-order valence-corrected chi connectivity index (χ4v) is 0.410. The Morgan fingerprint density at radius 1 is 1.42 bits per heavy atom. The van der Waals surface area contributed by atoms with E-state index in [1.165, 1.54) is 6.92 Å². The fraction of sp³-hybridized carbons (Fsp3) is 0.500. The maximum atomic E-state index is 10.6. The van der Waals surface area contributed by atoms with E-state index in [-0.39, 0.29) is 0 Å². The number of ether oxygens (including phenoxy) is 1. The number of hydrogen-bond acceptors (Lipinski definition) is 4. The number of aliphatic carboxylic acids is 1. The highest BCUT2D eigenvalue weighted by Crippen LogP contribution is 1.82. The van der Waals surface area contributed by atoms with Crippen LogP contribution in [0, 0.1) is 0 Å². The summed E-state index contributed by atoms with van der Waals surface area (Å²) in [6, 6.07) is -1.10. The van der Waals surface area contributed by atoms with E-state index in [2.05, 4.69) is 4.74 Å². The number of carbonyl (C=O) groups excluding carboxylic acids is 2. The van der Waals surface area contributed by atoms with Crippen LogP contribution >= 0.6 is 0 Å². The first-order valence-electron chi connectivity index (χ1n) is 3.10. The van der Waals surface area contributed by atoms with Crippen molar-refractivity contribution < 1.29 is 24.2 Å². The number of methoxy groups -OCH3 is 1. The van der Waals surface area contributed by atoms with Crippen LogP contribution in [0.15, 0.2) is 0 Å². The number of carboxylic acid groups (broad SMARTS) is 1. The maximum absolute atomic E-state index is 10.6. The van der Waals surface area contributed by atoms with Gasteiger partial charge in [-0.15, -0.1) is 0 Å². The van der Waals surface area contributed by atoms with Crippen molar-refractivity contribution >= 4 is 17.8 Å². The minimum absolute atomic E-state index is 1.04. The Kier molecular flexibility index (Phi) is 3.75. The molecule has 0 saturated heterocycles. The number of amides is 1. The largest absolute Gasteiger partial charge is 0.480 e. The van der Waals surface area contributed by atoms with Gasteiger partial charge in [0.2, 0.25) is 0 Å². The average molecular weight is 175 g/mol. The predicted octanol–water partition coefficient (Wildman–Crippen LogP) is -1.25. The van der Waals surface area contributed by atoms with Crippen LogP contribution in [0.25, 0.3) is 0 Å². The Bertz CT molecular complexity index is 212. The molecule has 0 aromatic carbocycles. The Morgan fingerprint density at radius 2 is 1.92 bits per heavy atom. The molecule has 0 heterocycles. The summed E-state index contributed by atoms with van der Waals surface area (Å²) in [5.74, 6) is -3.39. The van der Waals surface area contributed by atoms with Gasteiger partial charge in [-0.2, -0.15) is 0 Å². The smallest absolute Gasteiger partial charge is 0.396 e. The molecule has 12 heavy (non-hydrogen) atoms. The molecule has 0 radical (unpaired) electrons. The van der Waals surface area contributed by atoms with Gasteiger partial charge in [0.25, 0.3) is 0 Å². The van der Waals surface area contributed by atoms with Gasteiger partial charge < -0.3 is 15.2 Å².